The SMILES string of the molecule is CCC[C@@H](C(=O)OC)N1c2cc(OC)ccc2[C@@H](C)CC1(C)C. The van der Waals surface area contributed by atoms with Gasteiger partial charge in [-0.2, -0.15) is 0 Å². The topological polar surface area (TPSA) is 38.8 Å². The Morgan fingerprint density at radius 2 is 2.09 bits per heavy atom. The van der Waals surface area contributed by atoms with Crippen LogP contribution in [-0.2, 0) is 9.53 Å². The van der Waals surface area contributed by atoms with E-state index in [4.69, 9.17) is 9.47 Å². The zero-order valence-electron chi connectivity index (χ0n) is 15.2. The van der Waals surface area contributed by atoms with Gasteiger partial charge in [-0.15, -0.1) is 0 Å². The molecule has 0 radical (unpaired) electrons. The maximum Gasteiger partial charge on any atom is 0.328 e. The van der Waals surface area contributed by atoms with Gasteiger partial charge in [0.2, 0.25) is 0 Å². The standard InChI is InChI=1S/C19H29NO3/c1-7-8-16(18(21)23-6)20-17-11-14(22-5)9-10-15(17)13(2)12-19(20,3)4/h9-11,13,16H,7-8,12H2,1-6H3/t13-,16-/m0/s1. The molecular weight excluding hydrogens is 290 g/mol. The fraction of sp³-hybridized carbons (Fsp3) is 0.632. The Balaban J connectivity index is 2.59. The molecule has 4 nitrogen and oxygen atoms in total. The van der Waals surface area contributed by atoms with Crippen molar-refractivity contribution in [3.8, 4) is 5.75 Å². The van der Waals surface area contributed by atoms with Gasteiger partial charge in [0.15, 0.2) is 0 Å². The molecule has 4 heteroatoms. The summed E-state index contributed by atoms with van der Waals surface area (Å²) in [7, 11) is 3.14. The van der Waals surface area contributed by atoms with E-state index in [-0.39, 0.29) is 17.6 Å². The third-order valence-corrected chi connectivity index (χ3v) is 4.83. The van der Waals surface area contributed by atoms with Crippen LogP contribution in [0.1, 0.15) is 58.4 Å². The summed E-state index contributed by atoms with van der Waals surface area (Å²) in [5.41, 5.74) is 2.25. The third kappa shape index (κ3) is 3.31. The number of nitrogens with zero attached hydrogens (tertiary/aromatic N) is 1. The third-order valence-electron chi connectivity index (χ3n) is 4.83. The highest BCUT2D eigenvalue weighted by Crippen LogP contribution is 2.46. The second kappa shape index (κ2) is 6.81. The van der Waals surface area contributed by atoms with Gasteiger partial charge in [0, 0.05) is 17.3 Å². The van der Waals surface area contributed by atoms with Gasteiger partial charge in [-0.25, -0.2) is 4.79 Å². The number of fused-ring (bicyclic) bond motifs is 1. The van der Waals surface area contributed by atoms with Crippen molar-refractivity contribution < 1.29 is 14.3 Å². The van der Waals surface area contributed by atoms with Crippen LogP contribution in [0.15, 0.2) is 18.2 Å². The molecule has 2 rings (SSSR count). The van der Waals surface area contributed by atoms with Gasteiger partial charge >= 0.3 is 5.97 Å². The molecule has 1 aromatic carbocycles. The molecule has 0 aliphatic carbocycles. The number of carbonyl (C=O) groups is 1. The number of hydrogen-bond acceptors (Lipinski definition) is 4. The predicted octanol–water partition coefficient (Wildman–Crippen LogP) is 4.13. The van der Waals surface area contributed by atoms with E-state index in [1.165, 1.54) is 12.7 Å². The van der Waals surface area contributed by atoms with Crippen molar-refractivity contribution in [3.63, 3.8) is 0 Å². The van der Waals surface area contributed by atoms with E-state index in [1.807, 2.05) is 6.07 Å². The Morgan fingerprint density at radius 1 is 1.39 bits per heavy atom. The van der Waals surface area contributed by atoms with Crippen molar-refractivity contribution in [2.24, 2.45) is 0 Å². The van der Waals surface area contributed by atoms with Crippen LogP contribution in [0.2, 0.25) is 0 Å². The van der Waals surface area contributed by atoms with Crippen molar-refractivity contribution in [1.29, 1.82) is 0 Å². The van der Waals surface area contributed by atoms with Crippen LogP contribution in [0.3, 0.4) is 0 Å². The lowest BCUT2D eigenvalue weighted by molar-refractivity contribution is -0.142. The van der Waals surface area contributed by atoms with E-state index in [0.717, 1.165) is 30.7 Å². The van der Waals surface area contributed by atoms with E-state index < -0.39 is 0 Å². The maximum absolute atomic E-state index is 12.4. The number of rotatable bonds is 5. The van der Waals surface area contributed by atoms with E-state index in [0.29, 0.717) is 5.92 Å². The van der Waals surface area contributed by atoms with Gasteiger partial charge in [-0.05, 0) is 44.2 Å². The number of hydrogen-bond donors (Lipinski definition) is 0. The van der Waals surface area contributed by atoms with Crippen molar-refractivity contribution in [1.82, 2.24) is 0 Å². The number of carbonyl (C=O) groups excluding carboxylic acids is 1. The summed E-state index contributed by atoms with van der Waals surface area (Å²) >= 11 is 0. The highest BCUT2D eigenvalue weighted by atomic mass is 16.5. The Labute approximate surface area is 139 Å². The molecule has 0 spiro atoms. The lowest BCUT2D eigenvalue weighted by Gasteiger charge is -2.50. The average molecular weight is 319 g/mol. The van der Waals surface area contributed by atoms with Crippen molar-refractivity contribution in [2.75, 3.05) is 19.1 Å². The van der Waals surface area contributed by atoms with Crippen LogP contribution in [0.5, 0.6) is 5.75 Å². The number of methoxy groups -OCH3 is 2. The Kier molecular flexibility index (Phi) is 5.23. The van der Waals surface area contributed by atoms with Crippen molar-refractivity contribution in [3.05, 3.63) is 23.8 Å². The number of esters is 1. The summed E-state index contributed by atoms with van der Waals surface area (Å²) in [6.45, 7) is 8.76. The molecule has 0 amide bonds. The molecule has 23 heavy (non-hydrogen) atoms. The van der Waals surface area contributed by atoms with Gasteiger partial charge in [0.1, 0.15) is 11.8 Å². The monoisotopic (exact) mass is 319 g/mol. The average Bonchev–Trinajstić information content (AvgIpc) is 2.51. The molecule has 1 aromatic rings. The second-order valence-electron chi connectivity index (χ2n) is 7.04. The highest BCUT2D eigenvalue weighted by molar-refractivity contribution is 5.82. The van der Waals surface area contributed by atoms with E-state index in [9.17, 15) is 4.79 Å². The van der Waals surface area contributed by atoms with Crippen LogP contribution in [0.4, 0.5) is 5.69 Å². The van der Waals surface area contributed by atoms with Gasteiger partial charge < -0.3 is 14.4 Å². The molecule has 1 aliphatic heterocycles. The minimum atomic E-state index is -0.265. The molecule has 0 saturated carbocycles. The lowest BCUT2D eigenvalue weighted by atomic mass is 9.78. The fourth-order valence-electron chi connectivity index (χ4n) is 3.91. The van der Waals surface area contributed by atoms with E-state index in [2.05, 4.69) is 44.7 Å². The summed E-state index contributed by atoms with van der Waals surface area (Å²) in [4.78, 5) is 14.7. The van der Waals surface area contributed by atoms with Gasteiger partial charge in [0.05, 0.1) is 14.2 Å². The van der Waals surface area contributed by atoms with Crippen LogP contribution in [-0.4, -0.2) is 31.8 Å². The van der Waals surface area contributed by atoms with Crippen molar-refractivity contribution in [2.45, 2.75) is 64.5 Å². The Hall–Kier alpha value is -1.71. The first kappa shape index (κ1) is 17.6. The first-order valence-electron chi connectivity index (χ1n) is 8.40. The van der Waals surface area contributed by atoms with Gasteiger partial charge in [-0.1, -0.05) is 26.3 Å². The number of ether oxygens (including phenoxy) is 2. The normalized spacial score (nSPS) is 20.6. The van der Waals surface area contributed by atoms with Crippen LogP contribution in [0.25, 0.3) is 0 Å². The molecule has 128 valence electrons. The zero-order chi connectivity index (χ0) is 17.2. The van der Waals surface area contributed by atoms with Gasteiger partial charge in [-0.3, -0.25) is 0 Å². The summed E-state index contributed by atoms with van der Waals surface area (Å²) in [5.74, 6) is 1.10. The predicted molar refractivity (Wildman–Crippen MR) is 93.3 cm³/mol. The second-order valence-corrected chi connectivity index (χ2v) is 7.04. The molecule has 1 heterocycles. The Bertz CT molecular complexity index is 568. The minimum absolute atomic E-state index is 0.118. The summed E-state index contributed by atoms with van der Waals surface area (Å²) < 4.78 is 10.5. The molecule has 0 fully saturated rings. The quantitative estimate of drug-likeness (QED) is 0.765. The largest absolute Gasteiger partial charge is 0.497 e. The van der Waals surface area contributed by atoms with Crippen LogP contribution < -0.4 is 9.64 Å². The smallest absolute Gasteiger partial charge is 0.328 e. The number of benzene rings is 1. The first-order valence-corrected chi connectivity index (χ1v) is 8.40. The fourth-order valence-corrected chi connectivity index (χ4v) is 3.91. The van der Waals surface area contributed by atoms with E-state index >= 15 is 0 Å². The number of anilines is 1. The van der Waals surface area contributed by atoms with Crippen LogP contribution >= 0.6 is 0 Å². The van der Waals surface area contributed by atoms with Crippen LogP contribution in [0, 0.1) is 0 Å². The Morgan fingerprint density at radius 3 is 2.65 bits per heavy atom. The molecule has 2 atom stereocenters. The molecule has 0 N–H and O–H groups in total. The molecule has 0 saturated heterocycles. The summed E-state index contributed by atoms with van der Waals surface area (Å²) in [5, 5.41) is 0. The maximum atomic E-state index is 12.4. The molecule has 0 unspecified atom stereocenters. The molecular formula is C19H29NO3. The summed E-state index contributed by atoms with van der Waals surface area (Å²) in [6.07, 6.45) is 2.71. The molecule has 0 aromatic heterocycles. The minimum Gasteiger partial charge on any atom is -0.497 e. The lowest BCUT2D eigenvalue weighted by Crippen LogP contribution is -2.56. The van der Waals surface area contributed by atoms with Gasteiger partial charge in [0.25, 0.3) is 0 Å². The van der Waals surface area contributed by atoms with Crippen molar-refractivity contribution >= 4 is 11.7 Å². The summed E-state index contributed by atoms with van der Waals surface area (Å²) in [6, 6.07) is 5.91. The molecule has 0 bridgehead atoms. The van der Waals surface area contributed by atoms with E-state index in [1.54, 1.807) is 7.11 Å². The molecule has 1 aliphatic rings. The zero-order valence-corrected chi connectivity index (χ0v) is 15.2. The first-order chi connectivity index (χ1) is 10.9. The highest BCUT2D eigenvalue weighted by Gasteiger charge is 2.42.